The van der Waals surface area contributed by atoms with E-state index < -0.39 is 12.0 Å². The lowest BCUT2D eigenvalue weighted by molar-refractivity contribution is -0.127. The molecule has 2 aromatic rings. The predicted molar refractivity (Wildman–Crippen MR) is 152 cm³/mol. The molecule has 1 aromatic carbocycles. The fourth-order valence-electron chi connectivity index (χ4n) is 5.23. The van der Waals surface area contributed by atoms with Gasteiger partial charge in [0.15, 0.2) is 0 Å². The van der Waals surface area contributed by atoms with Gasteiger partial charge in [-0.1, -0.05) is 56.7 Å². The molecule has 11 heteroatoms. The van der Waals surface area contributed by atoms with Gasteiger partial charge >= 0.3 is 0 Å². The van der Waals surface area contributed by atoms with Crippen LogP contribution in [0.3, 0.4) is 0 Å². The third kappa shape index (κ3) is 8.87. The number of thioether (sulfide) groups is 1. The normalized spacial score (nSPS) is 20.7. The van der Waals surface area contributed by atoms with Crippen LogP contribution in [0.5, 0.6) is 0 Å². The smallest absolute Gasteiger partial charge is 0.286 e. The number of morpholine rings is 1. The van der Waals surface area contributed by atoms with Crippen LogP contribution in [0.25, 0.3) is 0 Å². The minimum absolute atomic E-state index is 0.0841. The largest absolute Gasteiger partial charge is 0.408 e. The first-order valence-electron chi connectivity index (χ1n) is 14.4. The summed E-state index contributed by atoms with van der Waals surface area (Å²) in [5.41, 5.74) is 0.561. The summed E-state index contributed by atoms with van der Waals surface area (Å²) in [5.74, 6) is -0.336. The summed E-state index contributed by atoms with van der Waals surface area (Å²) in [6.45, 7) is 8.44. The number of nitrogens with zero attached hydrogens (tertiary/aromatic N) is 3. The van der Waals surface area contributed by atoms with Crippen LogP contribution < -0.4 is 10.6 Å². The molecule has 1 aliphatic carbocycles. The fourth-order valence-corrected chi connectivity index (χ4v) is 5.91. The van der Waals surface area contributed by atoms with E-state index in [1.54, 1.807) is 12.1 Å². The number of hydrogen-bond acceptors (Lipinski definition) is 9. The van der Waals surface area contributed by atoms with Crippen molar-refractivity contribution in [2.45, 2.75) is 69.7 Å². The van der Waals surface area contributed by atoms with Crippen molar-refractivity contribution in [2.24, 2.45) is 11.8 Å². The Morgan fingerprint density at radius 1 is 1.07 bits per heavy atom. The second-order valence-corrected chi connectivity index (χ2v) is 12.0. The molecule has 0 spiro atoms. The van der Waals surface area contributed by atoms with E-state index in [4.69, 9.17) is 9.15 Å². The summed E-state index contributed by atoms with van der Waals surface area (Å²) in [4.78, 5) is 42.0. The maximum Gasteiger partial charge on any atom is 0.286 e. The van der Waals surface area contributed by atoms with Crippen LogP contribution >= 0.6 is 11.8 Å². The lowest BCUT2D eigenvalue weighted by Crippen LogP contribution is -2.52. The Bertz CT molecular complexity index is 1110. The molecule has 0 radical (unpaired) electrons. The maximum atomic E-state index is 13.5. The molecule has 1 saturated carbocycles. The minimum Gasteiger partial charge on any atom is -0.408 e. The van der Waals surface area contributed by atoms with Crippen LogP contribution in [0, 0.1) is 11.8 Å². The Hall–Kier alpha value is -2.76. The first-order chi connectivity index (χ1) is 19.4. The van der Waals surface area contributed by atoms with Gasteiger partial charge in [-0.2, -0.15) is 0 Å². The van der Waals surface area contributed by atoms with Crippen molar-refractivity contribution in [3.63, 3.8) is 0 Å². The SMILES string of the molecule is CC(C)CC(NC(=O)[C@@H]1CCCC[C@@H]1NC(=O)c1ccccc1)C(=O)c1nnc(SCCCN2CCOCC2)o1. The molecule has 0 bridgehead atoms. The van der Waals surface area contributed by atoms with Crippen LogP contribution in [0.1, 0.15) is 73.4 Å². The third-order valence-corrected chi connectivity index (χ3v) is 8.27. The lowest BCUT2D eigenvalue weighted by Gasteiger charge is -2.32. The Labute approximate surface area is 240 Å². The molecule has 1 aromatic heterocycles. The summed E-state index contributed by atoms with van der Waals surface area (Å²) in [7, 11) is 0. The average Bonchev–Trinajstić information content (AvgIpc) is 3.44. The van der Waals surface area contributed by atoms with Crippen LogP contribution in [0.2, 0.25) is 0 Å². The van der Waals surface area contributed by atoms with Crippen molar-refractivity contribution < 1.29 is 23.5 Å². The molecule has 1 unspecified atom stereocenters. The molecular weight excluding hydrogens is 530 g/mol. The predicted octanol–water partition coefficient (Wildman–Crippen LogP) is 3.59. The van der Waals surface area contributed by atoms with Gasteiger partial charge in [0, 0.05) is 30.4 Å². The van der Waals surface area contributed by atoms with Crippen molar-refractivity contribution in [1.82, 2.24) is 25.7 Å². The molecule has 1 saturated heterocycles. The number of hydrogen-bond donors (Lipinski definition) is 2. The zero-order valence-electron chi connectivity index (χ0n) is 23.5. The summed E-state index contributed by atoms with van der Waals surface area (Å²) in [5, 5.41) is 14.4. The molecule has 10 nitrogen and oxygen atoms in total. The van der Waals surface area contributed by atoms with Crippen molar-refractivity contribution >= 4 is 29.4 Å². The number of nitrogens with one attached hydrogen (secondary N) is 2. The minimum atomic E-state index is -0.778. The molecule has 40 heavy (non-hydrogen) atoms. The summed E-state index contributed by atoms with van der Waals surface area (Å²) in [6.07, 6.45) is 4.62. The number of ether oxygens (including phenoxy) is 1. The van der Waals surface area contributed by atoms with Crippen LogP contribution in [0.4, 0.5) is 0 Å². The highest BCUT2D eigenvalue weighted by atomic mass is 32.2. The number of Topliss-reactive ketones (excluding diaryl/α,β-unsaturated/α-hetero) is 1. The topological polar surface area (TPSA) is 127 Å². The highest BCUT2D eigenvalue weighted by molar-refractivity contribution is 7.99. The van der Waals surface area contributed by atoms with Crippen LogP contribution in [-0.4, -0.2) is 83.4 Å². The molecule has 2 fully saturated rings. The van der Waals surface area contributed by atoms with E-state index in [-0.39, 0.29) is 35.4 Å². The van der Waals surface area contributed by atoms with E-state index >= 15 is 0 Å². The molecule has 4 rings (SSSR count). The molecule has 3 atom stereocenters. The van der Waals surface area contributed by atoms with E-state index in [0.29, 0.717) is 23.6 Å². The van der Waals surface area contributed by atoms with Gasteiger partial charge in [0.1, 0.15) is 0 Å². The first kappa shape index (κ1) is 30.2. The van der Waals surface area contributed by atoms with Crippen molar-refractivity contribution in [1.29, 1.82) is 0 Å². The van der Waals surface area contributed by atoms with Gasteiger partial charge in [-0.15, -0.1) is 10.2 Å². The number of ketones is 1. The van der Waals surface area contributed by atoms with Gasteiger partial charge in [0.05, 0.1) is 25.2 Å². The zero-order valence-corrected chi connectivity index (χ0v) is 24.3. The van der Waals surface area contributed by atoms with Crippen LogP contribution in [0.15, 0.2) is 40.0 Å². The Morgan fingerprint density at radius 3 is 2.58 bits per heavy atom. The third-order valence-electron chi connectivity index (χ3n) is 7.36. The van der Waals surface area contributed by atoms with Crippen molar-refractivity contribution in [2.75, 3.05) is 38.6 Å². The number of benzene rings is 1. The summed E-state index contributed by atoms with van der Waals surface area (Å²) >= 11 is 1.44. The number of carbonyl (C=O) groups excluding carboxylic acids is 3. The number of aromatic nitrogens is 2. The molecule has 1 aliphatic heterocycles. The van der Waals surface area contributed by atoms with E-state index in [1.807, 2.05) is 32.0 Å². The van der Waals surface area contributed by atoms with E-state index in [0.717, 1.165) is 64.3 Å². The molecule has 2 aliphatic rings. The van der Waals surface area contributed by atoms with Gasteiger partial charge in [0.25, 0.3) is 17.0 Å². The van der Waals surface area contributed by atoms with Gasteiger partial charge < -0.3 is 19.8 Å². The number of amides is 2. The van der Waals surface area contributed by atoms with Crippen molar-refractivity contribution in [3.05, 3.63) is 41.8 Å². The molecule has 218 valence electrons. The summed E-state index contributed by atoms with van der Waals surface area (Å²) in [6, 6.07) is 7.93. The van der Waals surface area contributed by atoms with Crippen molar-refractivity contribution in [3.8, 4) is 0 Å². The highest BCUT2D eigenvalue weighted by Gasteiger charge is 2.35. The summed E-state index contributed by atoms with van der Waals surface area (Å²) < 4.78 is 11.1. The van der Waals surface area contributed by atoms with E-state index in [1.165, 1.54) is 11.8 Å². The monoisotopic (exact) mass is 571 g/mol. The maximum absolute atomic E-state index is 13.5. The Morgan fingerprint density at radius 2 is 1.82 bits per heavy atom. The Kier molecular flexibility index (Phi) is 11.6. The number of rotatable bonds is 13. The first-order valence-corrected chi connectivity index (χ1v) is 15.4. The average molecular weight is 572 g/mol. The quantitative estimate of drug-likeness (QED) is 0.211. The molecule has 2 amide bonds. The Balaban J connectivity index is 1.33. The highest BCUT2D eigenvalue weighted by Crippen LogP contribution is 2.26. The standard InChI is InChI=1S/C29H41N5O5S/c1-20(2)19-24(25(35)28-32-33-29(39-28)40-18-8-13-34-14-16-38-17-15-34)31-27(37)22-11-6-7-12-23(22)30-26(36)21-9-4-3-5-10-21/h3-5,9-10,20,22-24H,6-8,11-19H2,1-2H3,(H,30,36)(H,31,37)/t22-,23+,24?/m1/s1. The second kappa shape index (κ2) is 15.3. The molecule has 2 heterocycles. The molecular formula is C29H41N5O5S. The van der Waals surface area contributed by atoms with E-state index in [2.05, 4.69) is 25.7 Å². The van der Waals surface area contributed by atoms with Gasteiger partial charge in [0.2, 0.25) is 11.7 Å². The van der Waals surface area contributed by atoms with E-state index in [9.17, 15) is 14.4 Å². The second-order valence-electron chi connectivity index (χ2n) is 10.9. The lowest BCUT2D eigenvalue weighted by atomic mass is 9.83. The zero-order chi connectivity index (χ0) is 28.3. The van der Waals surface area contributed by atoms with Crippen LogP contribution in [-0.2, 0) is 9.53 Å². The number of carbonyl (C=O) groups is 3. The fraction of sp³-hybridized carbons (Fsp3) is 0.621. The van der Waals surface area contributed by atoms with Gasteiger partial charge in [-0.05, 0) is 50.3 Å². The molecule has 2 N–H and O–H groups in total. The van der Waals surface area contributed by atoms with Gasteiger partial charge in [-0.3, -0.25) is 19.3 Å². The van der Waals surface area contributed by atoms with Gasteiger partial charge in [-0.25, -0.2) is 0 Å².